The minimum Gasteiger partial charge on any atom is -0.380 e. The van der Waals surface area contributed by atoms with Crippen LogP contribution >= 0.6 is 0 Å². The summed E-state index contributed by atoms with van der Waals surface area (Å²) in [5.74, 6) is -2.80. The van der Waals surface area contributed by atoms with E-state index in [9.17, 15) is 18.7 Å². The predicted molar refractivity (Wildman–Crippen MR) is 62.1 cm³/mol. The second kappa shape index (κ2) is 5.06. The van der Waals surface area contributed by atoms with Gasteiger partial charge in [0.1, 0.15) is 6.10 Å². The van der Waals surface area contributed by atoms with Crippen molar-refractivity contribution in [3.63, 3.8) is 0 Å². The van der Waals surface area contributed by atoms with Crippen molar-refractivity contribution in [1.82, 2.24) is 0 Å². The molecule has 2 rings (SSSR count). The third-order valence-corrected chi connectivity index (χ3v) is 2.57. The molecule has 1 unspecified atom stereocenters. The normalized spacial score (nSPS) is 12.2. The summed E-state index contributed by atoms with van der Waals surface area (Å²) >= 11 is 0. The first-order valence-electron chi connectivity index (χ1n) is 5.32. The van der Waals surface area contributed by atoms with Crippen LogP contribution < -0.4 is 0 Å². The second-order valence-corrected chi connectivity index (χ2v) is 3.81. The highest BCUT2D eigenvalue weighted by molar-refractivity contribution is 5.99. The van der Waals surface area contributed by atoms with Gasteiger partial charge < -0.3 is 5.11 Å². The van der Waals surface area contributed by atoms with E-state index < -0.39 is 23.5 Å². The number of aliphatic hydroxyl groups excluding tert-OH is 1. The fourth-order valence-electron chi connectivity index (χ4n) is 1.59. The molecule has 4 heteroatoms. The van der Waals surface area contributed by atoms with E-state index in [2.05, 4.69) is 0 Å². The van der Waals surface area contributed by atoms with Gasteiger partial charge in [0.15, 0.2) is 17.4 Å². The Kier molecular flexibility index (Phi) is 3.48. The van der Waals surface area contributed by atoms with E-state index >= 15 is 0 Å². The lowest BCUT2D eigenvalue weighted by Crippen LogP contribution is -2.12. The molecular weight excluding hydrogens is 238 g/mol. The second-order valence-electron chi connectivity index (χ2n) is 3.81. The maximum absolute atomic E-state index is 13.0. The Balaban J connectivity index is 2.29. The lowest BCUT2D eigenvalue weighted by Gasteiger charge is -2.09. The number of benzene rings is 2. The topological polar surface area (TPSA) is 37.3 Å². The Labute approximate surface area is 103 Å². The molecule has 0 amide bonds. The molecule has 0 heterocycles. The van der Waals surface area contributed by atoms with Crippen LogP contribution in [-0.4, -0.2) is 10.9 Å². The highest BCUT2D eigenvalue weighted by Gasteiger charge is 2.20. The van der Waals surface area contributed by atoms with Gasteiger partial charge in [-0.15, -0.1) is 0 Å². The SMILES string of the molecule is O=C(c1ccc(F)c(F)c1)C(O)c1ccccc1. The maximum atomic E-state index is 13.0. The summed E-state index contributed by atoms with van der Waals surface area (Å²) in [6.07, 6.45) is -1.38. The Morgan fingerprint density at radius 1 is 1.00 bits per heavy atom. The molecule has 2 nitrogen and oxygen atoms in total. The molecule has 0 aromatic heterocycles. The third-order valence-electron chi connectivity index (χ3n) is 2.57. The molecule has 0 bridgehead atoms. The number of carbonyl (C=O) groups is 1. The summed E-state index contributed by atoms with van der Waals surface area (Å²) in [6.45, 7) is 0. The Morgan fingerprint density at radius 3 is 2.28 bits per heavy atom. The van der Waals surface area contributed by atoms with E-state index in [0.717, 1.165) is 18.2 Å². The minimum atomic E-state index is -1.38. The van der Waals surface area contributed by atoms with Crippen molar-refractivity contribution in [3.05, 3.63) is 71.3 Å². The van der Waals surface area contributed by atoms with Crippen LogP contribution in [0.4, 0.5) is 8.78 Å². The molecule has 0 aliphatic rings. The van der Waals surface area contributed by atoms with Crippen LogP contribution in [0.25, 0.3) is 0 Å². The summed E-state index contributed by atoms with van der Waals surface area (Å²) in [6, 6.07) is 11.1. The Morgan fingerprint density at radius 2 is 1.67 bits per heavy atom. The van der Waals surface area contributed by atoms with Gasteiger partial charge in [-0.25, -0.2) is 8.78 Å². The van der Waals surface area contributed by atoms with Crippen LogP contribution in [0.1, 0.15) is 22.0 Å². The van der Waals surface area contributed by atoms with Crippen molar-refractivity contribution in [2.45, 2.75) is 6.10 Å². The molecule has 92 valence electrons. The van der Waals surface area contributed by atoms with Crippen LogP contribution in [0.5, 0.6) is 0 Å². The van der Waals surface area contributed by atoms with Gasteiger partial charge in [-0.05, 0) is 23.8 Å². The largest absolute Gasteiger partial charge is 0.380 e. The summed E-state index contributed by atoms with van der Waals surface area (Å²) < 4.78 is 25.7. The van der Waals surface area contributed by atoms with Gasteiger partial charge in [-0.3, -0.25) is 4.79 Å². The van der Waals surface area contributed by atoms with Gasteiger partial charge in [0.05, 0.1) is 0 Å². The fraction of sp³-hybridized carbons (Fsp3) is 0.0714. The summed E-state index contributed by atoms with van der Waals surface area (Å²) in [4.78, 5) is 11.9. The molecular formula is C14H10F2O2. The lowest BCUT2D eigenvalue weighted by atomic mass is 10.00. The Bertz CT molecular complexity index is 567. The van der Waals surface area contributed by atoms with Gasteiger partial charge in [-0.1, -0.05) is 30.3 Å². The van der Waals surface area contributed by atoms with Crippen molar-refractivity contribution in [1.29, 1.82) is 0 Å². The number of carbonyl (C=O) groups excluding carboxylic acids is 1. The molecule has 0 saturated heterocycles. The fourth-order valence-corrected chi connectivity index (χ4v) is 1.59. The molecule has 2 aromatic rings. The van der Waals surface area contributed by atoms with E-state index in [0.29, 0.717) is 5.56 Å². The minimum absolute atomic E-state index is 0.0646. The molecule has 1 atom stereocenters. The van der Waals surface area contributed by atoms with Crippen LogP contribution in [0.3, 0.4) is 0 Å². The van der Waals surface area contributed by atoms with Gasteiger partial charge in [-0.2, -0.15) is 0 Å². The lowest BCUT2D eigenvalue weighted by molar-refractivity contribution is 0.0747. The van der Waals surface area contributed by atoms with Gasteiger partial charge in [0.25, 0.3) is 0 Å². The van der Waals surface area contributed by atoms with Gasteiger partial charge >= 0.3 is 0 Å². The molecule has 0 aliphatic carbocycles. The van der Waals surface area contributed by atoms with E-state index in [1.54, 1.807) is 30.3 Å². The van der Waals surface area contributed by atoms with E-state index in [-0.39, 0.29) is 5.56 Å². The monoisotopic (exact) mass is 248 g/mol. The number of hydrogen-bond donors (Lipinski definition) is 1. The van der Waals surface area contributed by atoms with Crippen LogP contribution in [0, 0.1) is 11.6 Å². The standard InChI is InChI=1S/C14H10F2O2/c15-11-7-6-10(8-12(11)16)14(18)13(17)9-4-2-1-3-5-9/h1-8,13,17H. The predicted octanol–water partition coefficient (Wildman–Crippen LogP) is 2.88. The number of rotatable bonds is 3. The van der Waals surface area contributed by atoms with Crippen molar-refractivity contribution in [3.8, 4) is 0 Å². The molecule has 0 radical (unpaired) electrons. The zero-order chi connectivity index (χ0) is 13.1. The average molecular weight is 248 g/mol. The maximum Gasteiger partial charge on any atom is 0.195 e. The molecule has 1 N–H and O–H groups in total. The highest BCUT2D eigenvalue weighted by atomic mass is 19.2. The van der Waals surface area contributed by atoms with Crippen LogP contribution in [0.2, 0.25) is 0 Å². The van der Waals surface area contributed by atoms with Crippen molar-refractivity contribution >= 4 is 5.78 Å². The van der Waals surface area contributed by atoms with E-state index in [4.69, 9.17) is 0 Å². The first-order valence-corrected chi connectivity index (χ1v) is 5.32. The van der Waals surface area contributed by atoms with Crippen molar-refractivity contribution in [2.75, 3.05) is 0 Å². The number of Topliss-reactive ketones (excluding diaryl/α,β-unsaturated/α-hetero) is 1. The molecule has 0 saturated carbocycles. The molecule has 2 aromatic carbocycles. The molecule has 0 aliphatic heterocycles. The number of halogens is 2. The summed E-state index contributed by atoms with van der Waals surface area (Å²) in [5.41, 5.74) is 0.345. The molecule has 0 spiro atoms. The quantitative estimate of drug-likeness (QED) is 0.848. The summed E-state index contributed by atoms with van der Waals surface area (Å²) in [7, 11) is 0. The zero-order valence-corrected chi connectivity index (χ0v) is 9.31. The Hall–Kier alpha value is -2.07. The van der Waals surface area contributed by atoms with Gasteiger partial charge in [0.2, 0.25) is 0 Å². The average Bonchev–Trinajstić information content (AvgIpc) is 2.41. The highest BCUT2D eigenvalue weighted by Crippen LogP contribution is 2.19. The number of aliphatic hydroxyl groups is 1. The first-order chi connectivity index (χ1) is 8.59. The number of hydrogen-bond acceptors (Lipinski definition) is 2. The molecule has 0 fully saturated rings. The van der Waals surface area contributed by atoms with Crippen molar-refractivity contribution < 1.29 is 18.7 Å². The van der Waals surface area contributed by atoms with E-state index in [1.165, 1.54) is 0 Å². The summed E-state index contributed by atoms with van der Waals surface area (Å²) in [5, 5.41) is 9.84. The first kappa shape index (κ1) is 12.4. The van der Waals surface area contributed by atoms with Crippen LogP contribution in [-0.2, 0) is 0 Å². The van der Waals surface area contributed by atoms with Crippen LogP contribution in [0.15, 0.2) is 48.5 Å². The van der Waals surface area contributed by atoms with Gasteiger partial charge in [0, 0.05) is 5.56 Å². The van der Waals surface area contributed by atoms with E-state index in [1.807, 2.05) is 0 Å². The molecule has 18 heavy (non-hydrogen) atoms. The number of ketones is 1. The zero-order valence-electron chi connectivity index (χ0n) is 9.31. The van der Waals surface area contributed by atoms with Crippen molar-refractivity contribution in [2.24, 2.45) is 0 Å². The third kappa shape index (κ3) is 2.43. The smallest absolute Gasteiger partial charge is 0.195 e.